The first-order valence-electron chi connectivity index (χ1n) is 9.90. The highest BCUT2D eigenvalue weighted by molar-refractivity contribution is 6.08. The van der Waals surface area contributed by atoms with Crippen LogP contribution >= 0.6 is 0 Å². The normalized spacial score (nSPS) is 22.7. The van der Waals surface area contributed by atoms with Crippen LogP contribution in [-0.2, 0) is 6.42 Å². The first-order chi connectivity index (χ1) is 15.0. The topological polar surface area (TPSA) is 104 Å². The molecule has 0 amide bonds. The minimum Gasteiger partial charge on any atom is -0.507 e. The third-order valence-corrected chi connectivity index (χ3v) is 6.06. The SMILES string of the molecule is C=C(CO)[C@H]1Cc2c(cc(O)c3c2O[C@@H]2COc4cc(OC)c(OC)cc4[C@@H]2C3=O)O1. The third-order valence-electron chi connectivity index (χ3n) is 6.06. The van der Waals surface area contributed by atoms with E-state index >= 15 is 0 Å². The van der Waals surface area contributed by atoms with Gasteiger partial charge in [-0.05, 0) is 11.6 Å². The standard InChI is InChI=1S/C23H22O8/c1-10(8-24)14-5-12-16(30-14)6-13(25)21-22(26)20-11-4-17(27-2)18(28-3)7-15(11)29-9-19(20)31-23(12)21/h4,6-7,14,19-20,24-25H,1,5,8-9H2,2-3H3/t14-,19-,20+/m1/s1. The van der Waals surface area contributed by atoms with E-state index in [1.165, 1.54) is 20.3 Å². The Labute approximate surface area is 178 Å². The van der Waals surface area contributed by atoms with Gasteiger partial charge in [-0.25, -0.2) is 0 Å². The molecule has 0 fully saturated rings. The molecule has 8 heteroatoms. The summed E-state index contributed by atoms with van der Waals surface area (Å²) >= 11 is 0. The molecule has 0 spiro atoms. The predicted molar refractivity (Wildman–Crippen MR) is 109 cm³/mol. The van der Waals surface area contributed by atoms with Crippen LogP contribution in [0, 0.1) is 0 Å². The minimum atomic E-state index is -0.662. The summed E-state index contributed by atoms with van der Waals surface area (Å²) in [4.78, 5) is 13.6. The van der Waals surface area contributed by atoms with Crippen molar-refractivity contribution in [2.75, 3.05) is 27.4 Å². The van der Waals surface area contributed by atoms with Crippen molar-refractivity contribution < 1.29 is 38.7 Å². The average Bonchev–Trinajstić information content (AvgIpc) is 3.21. The zero-order valence-corrected chi connectivity index (χ0v) is 17.1. The number of ether oxygens (including phenoxy) is 5. The number of benzene rings is 2. The van der Waals surface area contributed by atoms with Crippen molar-refractivity contribution in [3.8, 4) is 34.5 Å². The lowest BCUT2D eigenvalue weighted by molar-refractivity contribution is 0.0549. The number of Topliss-reactive ketones (excluding diaryl/α,β-unsaturated/α-hetero) is 1. The van der Waals surface area contributed by atoms with Gasteiger partial charge in [0, 0.05) is 29.7 Å². The van der Waals surface area contributed by atoms with Gasteiger partial charge in [-0.1, -0.05) is 6.58 Å². The van der Waals surface area contributed by atoms with Crippen molar-refractivity contribution in [1.29, 1.82) is 0 Å². The van der Waals surface area contributed by atoms with E-state index < -0.39 is 18.1 Å². The van der Waals surface area contributed by atoms with Crippen LogP contribution in [0.1, 0.15) is 27.4 Å². The molecule has 162 valence electrons. The maximum absolute atomic E-state index is 13.6. The molecule has 0 radical (unpaired) electrons. The summed E-state index contributed by atoms with van der Waals surface area (Å²) in [5.41, 5.74) is 1.94. The number of methoxy groups -OCH3 is 2. The number of aliphatic hydroxyl groups is 1. The van der Waals surface area contributed by atoms with Crippen molar-refractivity contribution in [3.63, 3.8) is 0 Å². The molecule has 3 atom stereocenters. The minimum absolute atomic E-state index is 0.126. The molecule has 3 aliphatic rings. The molecule has 0 saturated carbocycles. The van der Waals surface area contributed by atoms with Crippen LogP contribution in [-0.4, -0.2) is 55.6 Å². The van der Waals surface area contributed by atoms with Gasteiger partial charge in [0.1, 0.15) is 47.4 Å². The average molecular weight is 426 g/mol. The molecule has 0 aromatic heterocycles. The lowest BCUT2D eigenvalue weighted by Gasteiger charge is -2.37. The molecule has 0 aliphatic carbocycles. The summed E-state index contributed by atoms with van der Waals surface area (Å²) in [5.74, 6) is 1.09. The molecule has 2 aromatic rings. The number of phenols is 1. The highest BCUT2D eigenvalue weighted by Crippen LogP contribution is 2.52. The Morgan fingerprint density at radius 2 is 1.90 bits per heavy atom. The van der Waals surface area contributed by atoms with Crippen molar-refractivity contribution in [1.82, 2.24) is 0 Å². The van der Waals surface area contributed by atoms with Gasteiger partial charge in [0.25, 0.3) is 0 Å². The first kappa shape index (κ1) is 19.6. The van der Waals surface area contributed by atoms with Crippen LogP contribution in [0.15, 0.2) is 30.4 Å². The molecule has 5 rings (SSSR count). The molecule has 8 nitrogen and oxygen atoms in total. The number of rotatable bonds is 4. The Kier molecular flexibility index (Phi) is 4.48. The van der Waals surface area contributed by atoms with Crippen molar-refractivity contribution in [2.24, 2.45) is 0 Å². The van der Waals surface area contributed by atoms with Gasteiger partial charge in [-0.15, -0.1) is 0 Å². The van der Waals surface area contributed by atoms with Crippen molar-refractivity contribution in [3.05, 3.63) is 47.0 Å². The van der Waals surface area contributed by atoms with Gasteiger partial charge in [0.05, 0.1) is 26.7 Å². The van der Waals surface area contributed by atoms with E-state index in [9.17, 15) is 15.0 Å². The van der Waals surface area contributed by atoms with Gasteiger partial charge in [0.15, 0.2) is 17.3 Å². The summed E-state index contributed by atoms with van der Waals surface area (Å²) in [7, 11) is 3.05. The quantitative estimate of drug-likeness (QED) is 0.719. The van der Waals surface area contributed by atoms with Crippen LogP contribution in [0.3, 0.4) is 0 Å². The Morgan fingerprint density at radius 3 is 2.61 bits per heavy atom. The van der Waals surface area contributed by atoms with Gasteiger partial charge >= 0.3 is 0 Å². The van der Waals surface area contributed by atoms with E-state index in [4.69, 9.17) is 23.7 Å². The molecular formula is C23H22O8. The molecule has 2 N–H and O–H groups in total. The van der Waals surface area contributed by atoms with Gasteiger partial charge in [-0.2, -0.15) is 0 Å². The molecule has 31 heavy (non-hydrogen) atoms. The van der Waals surface area contributed by atoms with Crippen LogP contribution in [0.2, 0.25) is 0 Å². The summed E-state index contributed by atoms with van der Waals surface area (Å²) in [6.07, 6.45) is -0.622. The smallest absolute Gasteiger partial charge is 0.181 e. The largest absolute Gasteiger partial charge is 0.507 e. The predicted octanol–water partition coefficient (Wildman–Crippen LogP) is 2.38. The van der Waals surface area contributed by atoms with Gasteiger partial charge in [-0.3, -0.25) is 4.79 Å². The second kappa shape index (κ2) is 7.09. The maximum Gasteiger partial charge on any atom is 0.181 e. The monoisotopic (exact) mass is 426 g/mol. The van der Waals surface area contributed by atoms with Crippen molar-refractivity contribution in [2.45, 2.75) is 24.5 Å². The number of hydrogen-bond acceptors (Lipinski definition) is 8. The highest BCUT2D eigenvalue weighted by atomic mass is 16.5. The van der Waals surface area contributed by atoms with Crippen LogP contribution in [0.4, 0.5) is 0 Å². The molecule has 0 saturated heterocycles. The number of ketones is 1. The zero-order chi connectivity index (χ0) is 21.9. The molecule has 3 aliphatic heterocycles. The number of hydrogen-bond donors (Lipinski definition) is 2. The lowest BCUT2D eigenvalue weighted by Crippen LogP contribution is -2.43. The van der Waals surface area contributed by atoms with Gasteiger partial charge in [0.2, 0.25) is 0 Å². The summed E-state index contributed by atoms with van der Waals surface area (Å²) in [6, 6.07) is 4.83. The van der Waals surface area contributed by atoms with E-state index in [2.05, 4.69) is 6.58 Å². The fourth-order valence-electron chi connectivity index (χ4n) is 4.47. The Morgan fingerprint density at radius 1 is 1.16 bits per heavy atom. The Hall–Kier alpha value is -3.39. The number of phenolic OH excluding ortho intramolecular Hbond substituents is 1. The summed E-state index contributed by atoms with van der Waals surface area (Å²) in [6.45, 7) is 3.77. The number of carbonyl (C=O) groups is 1. The second-order valence-corrected chi connectivity index (χ2v) is 7.76. The van der Waals surface area contributed by atoms with Crippen LogP contribution in [0.5, 0.6) is 34.5 Å². The molecular weight excluding hydrogens is 404 g/mol. The van der Waals surface area contributed by atoms with E-state index in [1.54, 1.807) is 12.1 Å². The van der Waals surface area contributed by atoms with E-state index in [0.717, 1.165) is 0 Å². The van der Waals surface area contributed by atoms with Crippen LogP contribution < -0.4 is 23.7 Å². The first-order valence-corrected chi connectivity index (χ1v) is 9.90. The summed E-state index contributed by atoms with van der Waals surface area (Å²) < 4.78 is 28.6. The zero-order valence-electron chi connectivity index (χ0n) is 17.1. The Balaban J connectivity index is 1.59. The fourth-order valence-corrected chi connectivity index (χ4v) is 4.47. The van der Waals surface area contributed by atoms with E-state index in [-0.39, 0.29) is 30.3 Å². The van der Waals surface area contributed by atoms with E-state index in [1.807, 2.05) is 0 Å². The van der Waals surface area contributed by atoms with Gasteiger partial charge < -0.3 is 33.9 Å². The Bertz CT molecular complexity index is 1110. The number of aliphatic hydroxyl groups excluding tert-OH is 1. The summed E-state index contributed by atoms with van der Waals surface area (Å²) in [5, 5.41) is 20.1. The molecule has 3 heterocycles. The molecule has 0 bridgehead atoms. The second-order valence-electron chi connectivity index (χ2n) is 7.76. The number of aromatic hydroxyl groups is 1. The molecule has 0 unspecified atom stereocenters. The number of carbonyl (C=O) groups excluding carboxylic acids is 1. The third kappa shape index (κ3) is 2.82. The molecule has 2 aromatic carbocycles. The van der Waals surface area contributed by atoms with Crippen molar-refractivity contribution >= 4 is 5.78 Å². The highest BCUT2D eigenvalue weighted by Gasteiger charge is 2.47. The van der Waals surface area contributed by atoms with Crippen LogP contribution in [0.25, 0.3) is 0 Å². The number of fused-ring (bicyclic) bond motifs is 6. The van der Waals surface area contributed by atoms with E-state index in [0.29, 0.717) is 51.9 Å². The lowest BCUT2D eigenvalue weighted by atomic mass is 9.80. The fraction of sp³-hybridized carbons (Fsp3) is 0.348. The maximum atomic E-state index is 13.6.